The Balaban J connectivity index is 2.21. The summed E-state index contributed by atoms with van der Waals surface area (Å²) in [6.45, 7) is 0.382. The first kappa shape index (κ1) is 8.87. The fourth-order valence-corrected chi connectivity index (χ4v) is 1.47. The third-order valence-electron chi connectivity index (χ3n) is 2.30. The van der Waals surface area contributed by atoms with Crippen molar-refractivity contribution in [2.75, 3.05) is 6.54 Å². The van der Waals surface area contributed by atoms with Crippen molar-refractivity contribution >= 4 is 5.91 Å². The molecule has 2 aliphatic heterocycles. The molecule has 2 atom stereocenters. The predicted molar refractivity (Wildman–Crippen MR) is 50.8 cm³/mol. The van der Waals surface area contributed by atoms with Gasteiger partial charge < -0.3 is 10.0 Å². The van der Waals surface area contributed by atoms with Gasteiger partial charge in [-0.1, -0.05) is 23.7 Å². The largest absolute Gasteiger partial charge is 0.378 e. The Kier molecular flexibility index (Phi) is 2.26. The van der Waals surface area contributed by atoms with Crippen molar-refractivity contribution in [1.82, 2.24) is 4.90 Å². The van der Waals surface area contributed by atoms with E-state index in [1.54, 1.807) is 17.1 Å². The Hall–Kier alpha value is -1.71. The van der Waals surface area contributed by atoms with Gasteiger partial charge in [-0.2, -0.15) is 0 Å². The average Bonchev–Trinajstić information content (AvgIpc) is 2.17. The second-order valence-corrected chi connectivity index (χ2v) is 3.18. The first-order valence-electron chi connectivity index (χ1n) is 4.41. The van der Waals surface area contributed by atoms with Crippen LogP contribution in [0.15, 0.2) is 12.2 Å². The monoisotopic (exact) mass is 187 g/mol. The molecule has 1 N–H and O–H groups in total. The van der Waals surface area contributed by atoms with Crippen molar-refractivity contribution in [3.05, 3.63) is 12.2 Å². The lowest BCUT2D eigenvalue weighted by Crippen LogP contribution is -2.57. The summed E-state index contributed by atoms with van der Waals surface area (Å²) in [5.74, 6) is 11.0. The number of fused-ring (bicyclic) bond motifs is 1. The van der Waals surface area contributed by atoms with E-state index in [1.807, 2.05) is 0 Å². The Morgan fingerprint density at radius 2 is 2.21 bits per heavy atom. The zero-order valence-corrected chi connectivity index (χ0v) is 7.53. The maximum Gasteiger partial charge on any atom is 0.225 e. The average molecular weight is 187 g/mol. The van der Waals surface area contributed by atoms with E-state index in [9.17, 15) is 9.90 Å². The molecule has 14 heavy (non-hydrogen) atoms. The maximum absolute atomic E-state index is 11.2. The Morgan fingerprint density at radius 3 is 3.00 bits per heavy atom. The minimum Gasteiger partial charge on any atom is -0.378 e. The summed E-state index contributed by atoms with van der Waals surface area (Å²) in [4.78, 5) is 12.7. The number of aliphatic hydroxyl groups is 1. The van der Waals surface area contributed by atoms with Crippen molar-refractivity contribution in [3.8, 4) is 23.7 Å². The predicted octanol–water partition coefficient (Wildman–Crippen LogP) is -0.475. The lowest BCUT2D eigenvalue weighted by Gasteiger charge is -2.40. The van der Waals surface area contributed by atoms with Crippen LogP contribution in [0.4, 0.5) is 0 Å². The lowest BCUT2D eigenvalue weighted by atomic mass is 9.96. The van der Waals surface area contributed by atoms with Crippen LogP contribution in [0.1, 0.15) is 6.42 Å². The zero-order chi connectivity index (χ0) is 9.97. The molecule has 0 unspecified atom stereocenters. The van der Waals surface area contributed by atoms with Crippen molar-refractivity contribution in [2.24, 2.45) is 0 Å². The van der Waals surface area contributed by atoms with Crippen LogP contribution in [0, 0.1) is 23.7 Å². The zero-order valence-electron chi connectivity index (χ0n) is 7.53. The van der Waals surface area contributed by atoms with E-state index in [-0.39, 0.29) is 11.9 Å². The molecule has 1 saturated heterocycles. The van der Waals surface area contributed by atoms with Gasteiger partial charge in [-0.3, -0.25) is 4.79 Å². The second kappa shape index (κ2) is 3.57. The van der Waals surface area contributed by atoms with E-state index in [2.05, 4.69) is 23.7 Å². The summed E-state index contributed by atoms with van der Waals surface area (Å²) >= 11 is 0. The van der Waals surface area contributed by atoms with Crippen molar-refractivity contribution < 1.29 is 9.90 Å². The molecule has 0 saturated carbocycles. The van der Waals surface area contributed by atoms with Gasteiger partial charge in [-0.15, -0.1) is 0 Å². The van der Waals surface area contributed by atoms with Gasteiger partial charge in [0.15, 0.2) is 0 Å². The number of allylic oxidation sites excluding steroid dienone is 2. The van der Waals surface area contributed by atoms with E-state index < -0.39 is 6.10 Å². The summed E-state index contributed by atoms with van der Waals surface area (Å²) in [7, 11) is 0. The summed E-state index contributed by atoms with van der Waals surface area (Å²) in [5.41, 5.74) is 0. The van der Waals surface area contributed by atoms with Crippen LogP contribution in [0.5, 0.6) is 0 Å². The molecule has 0 aromatic heterocycles. The van der Waals surface area contributed by atoms with Gasteiger partial charge in [0.05, 0.1) is 19.0 Å². The number of aliphatic hydroxyl groups excluding tert-OH is 1. The van der Waals surface area contributed by atoms with Gasteiger partial charge >= 0.3 is 0 Å². The van der Waals surface area contributed by atoms with Crippen molar-refractivity contribution in [1.29, 1.82) is 0 Å². The van der Waals surface area contributed by atoms with Gasteiger partial charge in [0.25, 0.3) is 0 Å². The molecule has 0 aliphatic carbocycles. The fourth-order valence-electron chi connectivity index (χ4n) is 1.47. The Bertz CT molecular complexity index is 402. The molecule has 0 radical (unpaired) electrons. The maximum atomic E-state index is 11.2. The van der Waals surface area contributed by atoms with Crippen LogP contribution in [0.2, 0.25) is 0 Å². The molecule has 0 spiro atoms. The number of carbonyl (C=O) groups excluding carboxylic acids is 1. The summed E-state index contributed by atoms with van der Waals surface area (Å²) in [6.07, 6.45) is 2.84. The van der Waals surface area contributed by atoms with Gasteiger partial charge in [0.2, 0.25) is 5.91 Å². The Morgan fingerprint density at radius 1 is 1.43 bits per heavy atom. The Labute approximate surface area is 82.4 Å². The van der Waals surface area contributed by atoms with E-state index in [4.69, 9.17) is 0 Å². The van der Waals surface area contributed by atoms with Gasteiger partial charge in [-0.25, -0.2) is 0 Å². The van der Waals surface area contributed by atoms with E-state index >= 15 is 0 Å². The molecular weight excluding hydrogens is 178 g/mol. The summed E-state index contributed by atoms with van der Waals surface area (Å²) in [6, 6.07) is -0.171. The van der Waals surface area contributed by atoms with Crippen LogP contribution in [0.25, 0.3) is 0 Å². The highest BCUT2D eigenvalue weighted by Gasteiger charge is 2.39. The molecule has 1 fully saturated rings. The molecule has 1 amide bonds. The normalized spacial score (nSPS) is 31.2. The molecule has 0 bridgehead atoms. The number of β-lactam (4-membered cyclic amide) rings is 1. The van der Waals surface area contributed by atoms with Crippen LogP contribution in [-0.4, -0.2) is 34.6 Å². The number of hydrogen-bond donors (Lipinski definition) is 1. The highest BCUT2D eigenvalue weighted by Crippen LogP contribution is 2.21. The third-order valence-corrected chi connectivity index (χ3v) is 2.30. The summed E-state index contributed by atoms with van der Waals surface area (Å²) < 4.78 is 0. The molecule has 0 aromatic rings. The van der Waals surface area contributed by atoms with Gasteiger partial charge in [0, 0.05) is 0 Å². The molecule has 2 heterocycles. The first-order chi connectivity index (χ1) is 6.79. The fraction of sp³-hybridized carbons (Fsp3) is 0.364. The molecule has 0 aromatic carbocycles. The van der Waals surface area contributed by atoms with E-state index in [1.165, 1.54) is 0 Å². The van der Waals surface area contributed by atoms with Crippen LogP contribution >= 0.6 is 0 Å². The minimum atomic E-state index is -0.753. The number of amides is 1. The molecular formula is C11H9NO2. The molecule has 3 heteroatoms. The second-order valence-electron chi connectivity index (χ2n) is 3.18. The smallest absolute Gasteiger partial charge is 0.225 e. The quantitative estimate of drug-likeness (QED) is 0.411. The number of rotatable bonds is 0. The number of nitrogens with zero attached hydrogens (tertiary/aromatic N) is 1. The molecule has 3 nitrogen and oxygen atoms in total. The molecule has 2 rings (SSSR count). The SMILES string of the molecule is O=C1C[C@@H]2[C@H](O)C#C/C=C\C#CCN12. The van der Waals surface area contributed by atoms with Gasteiger partial charge in [-0.05, 0) is 12.2 Å². The molecule has 70 valence electrons. The van der Waals surface area contributed by atoms with Crippen molar-refractivity contribution in [3.63, 3.8) is 0 Å². The highest BCUT2D eigenvalue weighted by molar-refractivity contribution is 5.83. The lowest BCUT2D eigenvalue weighted by molar-refractivity contribution is -0.148. The standard InChI is InChI=1S/C11H9NO2/c13-10-6-4-2-1-3-5-7-12-9(10)8-11(12)14/h1-2,9-10,13H,7-8H2/b2-1-/t9-,10-/m1/s1. The van der Waals surface area contributed by atoms with Crippen LogP contribution < -0.4 is 0 Å². The number of carbonyl (C=O) groups is 1. The first-order valence-corrected chi connectivity index (χ1v) is 4.41. The van der Waals surface area contributed by atoms with Crippen LogP contribution in [0.3, 0.4) is 0 Å². The van der Waals surface area contributed by atoms with Gasteiger partial charge in [0.1, 0.15) is 6.10 Å². The minimum absolute atomic E-state index is 0.0368. The topological polar surface area (TPSA) is 40.5 Å². The van der Waals surface area contributed by atoms with Crippen molar-refractivity contribution in [2.45, 2.75) is 18.6 Å². The van der Waals surface area contributed by atoms with E-state index in [0.29, 0.717) is 13.0 Å². The molecule has 2 aliphatic rings. The number of hydrogen-bond acceptors (Lipinski definition) is 2. The highest BCUT2D eigenvalue weighted by atomic mass is 16.3. The third kappa shape index (κ3) is 1.51. The summed E-state index contributed by atoms with van der Waals surface area (Å²) in [5, 5.41) is 9.59. The van der Waals surface area contributed by atoms with E-state index in [0.717, 1.165) is 0 Å². The van der Waals surface area contributed by atoms with Crippen LogP contribution in [-0.2, 0) is 4.79 Å².